The highest BCUT2D eigenvalue weighted by atomic mass is 16.3. The van der Waals surface area contributed by atoms with Gasteiger partial charge in [-0.1, -0.05) is 49.4 Å². The average Bonchev–Trinajstić information content (AvgIpc) is 2.48. The van der Waals surface area contributed by atoms with Gasteiger partial charge in [-0.3, -0.25) is 0 Å². The van der Waals surface area contributed by atoms with E-state index in [0.29, 0.717) is 5.75 Å². The van der Waals surface area contributed by atoms with Crippen LogP contribution in [0.4, 0.5) is 0 Å². The molecule has 0 atom stereocenters. The first kappa shape index (κ1) is 14.6. The normalized spacial score (nSPS) is 10.9. The van der Waals surface area contributed by atoms with E-state index < -0.39 is 0 Å². The third-order valence-electron chi connectivity index (χ3n) is 3.63. The van der Waals surface area contributed by atoms with Gasteiger partial charge in [0.1, 0.15) is 5.75 Å². The zero-order valence-electron chi connectivity index (χ0n) is 12.1. The first-order valence-corrected chi connectivity index (χ1v) is 7.32. The summed E-state index contributed by atoms with van der Waals surface area (Å²) in [7, 11) is 0. The number of phenols is 1. The number of phenolic OH excluding ortho intramolecular Hbond substituents is 1. The maximum Gasteiger partial charge on any atom is 0.115 e. The van der Waals surface area contributed by atoms with Crippen molar-refractivity contribution in [1.29, 1.82) is 0 Å². The monoisotopic (exact) mass is 269 g/mol. The standard InChI is InChI=1S/C18H23NO/c1-2-19(13-11-16-7-4-3-5-8-16)14-12-17-9-6-10-18(20)15-17/h3-10,15,20H,2,11-14H2,1H3. The van der Waals surface area contributed by atoms with E-state index in [0.717, 1.165) is 32.5 Å². The summed E-state index contributed by atoms with van der Waals surface area (Å²) in [6.07, 6.45) is 2.08. The number of benzene rings is 2. The van der Waals surface area contributed by atoms with Gasteiger partial charge in [0.25, 0.3) is 0 Å². The summed E-state index contributed by atoms with van der Waals surface area (Å²) in [5.41, 5.74) is 2.59. The second-order valence-corrected chi connectivity index (χ2v) is 5.09. The number of hydrogen-bond acceptors (Lipinski definition) is 2. The number of likely N-dealkylation sites (N-methyl/N-ethyl adjacent to an activating group) is 1. The first-order valence-electron chi connectivity index (χ1n) is 7.32. The minimum atomic E-state index is 0.356. The molecule has 0 amide bonds. The van der Waals surface area contributed by atoms with Gasteiger partial charge in [-0.15, -0.1) is 0 Å². The van der Waals surface area contributed by atoms with Crippen LogP contribution in [0.25, 0.3) is 0 Å². The van der Waals surface area contributed by atoms with Gasteiger partial charge >= 0.3 is 0 Å². The third-order valence-corrected chi connectivity index (χ3v) is 3.63. The molecule has 106 valence electrons. The van der Waals surface area contributed by atoms with Crippen LogP contribution in [0, 0.1) is 0 Å². The lowest BCUT2D eigenvalue weighted by atomic mass is 10.1. The molecule has 0 radical (unpaired) electrons. The van der Waals surface area contributed by atoms with E-state index in [9.17, 15) is 5.11 Å². The smallest absolute Gasteiger partial charge is 0.115 e. The molecule has 0 unspecified atom stereocenters. The molecule has 0 aliphatic heterocycles. The average molecular weight is 269 g/mol. The van der Waals surface area contributed by atoms with Gasteiger partial charge in [0, 0.05) is 13.1 Å². The second kappa shape index (κ2) is 7.71. The van der Waals surface area contributed by atoms with Crippen molar-refractivity contribution in [3.63, 3.8) is 0 Å². The SMILES string of the molecule is CCN(CCc1ccccc1)CCc1cccc(O)c1. The van der Waals surface area contributed by atoms with Crippen LogP contribution in [-0.4, -0.2) is 29.6 Å². The van der Waals surface area contributed by atoms with Crippen LogP contribution in [0.3, 0.4) is 0 Å². The van der Waals surface area contributed by atoms with E-state index >= 15 is 0 Å². The van der Waals surface area contributed by atoms with Crippen molar-refractivity contribution in [2.24, 2.45) is 0 Å². The Kier molecular flexibility index (Phi) is 5.63. The predicted molar refractivity (Wildman–Crippen MR) is 84.1 cm³/mol. The van der Waals surface area contributed by atoms with Crippen LogP contribution < -0.4 is 0 Å². The molecule has 0 aliphatic rings. The molecule has 0 bridgehead atoms. The largest absolute Gasteiger partial charge is 0.508 e. The molecule has 0 saturated heterocycles. The molecule has 2 aromatic carbocycles. The summed E-state index contributed by atoms with van der Waals surface area (Å²) in [4.78, 5) is 2.46. The Hall–Kier alpha value is -1.80. The quantitative estimate of drug-likeness (QED) is 0.831. The third kappa shape index (κ3) is 4.71. The lowest BCUT2D eigenvalue weighted by Crippen LogP contribution is -2.28. The van der Waals surface area contributed by atoms with Crippen LogP contribution in [0.5, 0.6) is 5.75 Å². The summed E-state index contributed by atoms with van der Waals surface area (Å²) < 4.78 is 0. The summed E-state index contributed by atoms with van der Waals surface area (Å²) >= 11 is 0. The second-order valence-electron chi connectivity index (χ2n) is 5.09. The fraction of sp³-hybridized carbons (Fsp3) is 0.333. The minimum Gasteiger partial charge on any atom is -0.508 e. The van der Waals surface area contributed by atoms with Gasteiger partial charge in [0.15, 0.2) is 0 Å². The molecule has 0 spiro atoms. The van der Waals surface area contributed by atoms with Crippen LogP contribution in [0.15, 0.2) is 54.6 Å². The van der Waals surface area contributed by atoms with Crippen LogP contribution in [-0.2, 0) is 12.8 Å². The number of rotatable bonds is 7. The Morgan fingerprint density at radius 3 is 2.15 bits per heavy atom. The Bertz CT molecular complexity index is 510. The Labute approximate surface area is 121 Å². The lowest BCUT2D eigenvalue weighted by Gasteiger charge is -2.20. The lowest BCUT2D eigenvalue weighted by molar-refractivity contribution is 0.295. The van der Waals surface area contributed by atoms with E-state index in [-0.39, 0.29) is 0 Å². The van der Waals surface area contributed by atoms with Gasteiger partial charge in [-0.25, -0.2) is 0 Å². The van der Waals surface area contributed by atoms with Crippen molar-refractivity contribution in [1.82, 2.24) is 4.90 Å². The zero-order chi connectivity index (χ0) is 14.2. The van der Waals surface area contributed by atoms with Gasteiger partial charge in [-0.2, -0.15) is 0 Å². The molecule has 2 aromatic rings. The van der Waals surface area contributed by atoms with Crippen molar-refractivity contribution in [3.05, 3.63) is 65.7 Å². The predicted octanol–water partition coefficient (Wildman–Crippen LogP) is 3.50. The summed E-state index contributed by atoms with van der Waals surface area (Å²) in [5, 5.41) is 9.47. The first-order chi connectivity index (χ1) is 9.78. The van der Waals surface area contributed by atoms with Crippen molar-refractivity contribution >= 4 is 0 Å². The number of aromatic hydroxyl groups is 1. The van der Waals surface area contributed by atoms with Crippen LogP contribution in [0.2, 0.25) is 0 Å². The van der Waals surface area contributed by atoms with Gasteiger partial charge in [0.2, 0.25) is 0 Å². The highest BCUT2D eigenvalue weighted by molar-refractivity contribution is 5.27. The highest BCUT2D eigenvalue weighted by Gasteiger charge is 2.04. The molecule has 0 aromatic heterocycles. The van der Waals surface area contributed by atoms with E-state index in [1.165, 1.54) is 11.1 Å². The number of nitrogens with zero attached hydrogens (tertiary/aromatic N) is 1. The summed E-state index contributed by atoms with van der Waals surface area (Å²) in [6, 6.07) is 18.2. The van der Waals surface area contributed by atoms with Crippen molar-refractivity contribution in [2.45, 2.75) is 19.8 Å². The van der Waals surface area contributed by atoms with Gasteiger partial charge in [-0.05, 0) is 42.6 Å². The van der Waals surface area contributed by atoms with Crippen LogP contribution in [0.1, 0.15) is 18.1 Å². The van der Waals surface area contributed by atoms with Gasteiger partial charge < -0.3 is 10.0 Å². The Balaban J connectivity index is 1.80. The molecular weight excluding hydrogens is 246 g/mol. The molecule has 1 N–H and O–H groups in total. The highest BCUT2D eigenvalue weighted by Crippen LogP contribution is 2.12. The van der Waals surface area contributed by atoms with E-state index in [1.807, 2.05) is 12.1 Å². The molecule has 2 nitrogen and oxygen atoms in total. The zero-order valence-corrected chi connectivity index (χ0v) is 12.1. The van der Waals surface area contributed by atoms with E-state index in [1.54, 1.807) is 6.07 Å². The molecule has 2 rings (SSSR count). The molecule has 0 saturated carbocycles. The summed E-state index contributed by atoms with van der Waals surface area (Å²) in [5.74, 6) is 0.356. The molecule has 20 heavy (non-hydrogen) atoms. The fourth-order valence-electron chi connectivity index (χ4n) is 2.36. The Morgan fingerprint density at radius 1 is 0.850 bits per heavy atom. The molecule has 0 heterocycles. The fourth-order valence-corrected chi connectivity index (χ4v) is 2.36. The minimum absolute atomic E-state index is 0.356. The molecule has 0 aliphatic carbocycles. The molecular formula is C18H23NO. The van der Waals surface area contributed by atoms with Crippen molar-refractivity contribution < 1.29 is 5.11 Å². The Morgan fingerprint density at radius 2 is 1.50 bits per heavy atom. The summed E-state index contributed by atoms with van der Waals surface area (Å²) in [6.45, 7) is 5.38. The molecule has 0 fully saturated rings. The number of hydrogen-bond donors (Lipinski definition) is 1. The van der Waals surface area contributed by atoms with Crippen molar-refractivity contribution in [2.75, 3.05) is 19.6 Å². The molecule has 2 heteroatoms. The van der Waals surface area contributed by atoms with Crippen LogP contribution >= 0.6 is 0 Å². The van der Waals surface area contributed by atoms with E-state index in [4.69, 9.17) is 0 Å². The maximum atomic E-state index is 9.47. The topological polar surface area (TPSA) is 23.5 Å². The maximum absolute atomic E-state index is 9.47. The van der Waals surface area contributed by atoms with E-state index in [2.05, 4.69) is 48.2 Å². The van der Waals surface area contributed by atoms with Gasteiger partial charge in [0.05, 0.1) is 0 Å². The van der Waals surface area contributed by atoms with Crippen molar-refractivity contribution in [3.8, 4) is 5.75 Å².